The van der Waals surface area contributed by atoms with E-state index in [2.05, 4.69) is 40.1 Å². The highest BCUT2D eigenvalue weighted by Gasteiger charge is 2.06. The number of hydrogen-bond acceptors (Lipinski definition) is 4. The Morgan fingerprint density at radius 2 is 2.00 bits per heavy atom. The average molecular weight is 324 g/mol. The van der Waals surface area contributed by atoms with Crippen LogP contribution in [0.5, 0.6) is 0 Å². The first kappa shape index (κ1) is 17.9. The van der Waals surface area contributed by atoms with E-state index in [0.717, 1.165) is 36.0 Å². The number of carbonyl (C=O) groups is 1. The number of esters is 1. The first-order chi connectivity index (χ1) is 11.7. The van der Waals surface area contributed by atoms with Gasteiger partial charge in [-0.3, -0.25) is 9.78 Å². The lowest BCUT2D eigenvalue weighted by Gasteiger charge is -2.09. The molecule has 1 aromatic heterocycles. The topological polar surface area (TPSA) is 65.2 Å². The number of nitrogens with zero attached hydrogens (tertiary/aromatic N) is 1. The molecule has 0 aliphatic rings. The van der Waals surface area contributed by atoms with Crippen LogP contribution in [0.1, 0.15) is 36.0 Å². The highest BCUT2D eigenvalue weighted by Crippen LogP contribution is 2.24. The van der Waals surface area contributed by atoms with Crippen molar-refractivity contribution in [3.8, 4) is 0 Å². The number of pyridine rings is 1. The van der Waals surface area contributed by atoms with Crippen LogP contribution in [0.3, 0.4) is 0 Å². The molecule has 4 nitrogen and oxygen atoms in total. The number of carbonyl (C=O) groups excluding carboxylic acids is 1. The van der Waals surface area contributed by atoms with Gasteiger partial charge in [-0.25, -0.2) is 0 Å². The molecule has 0 unspecified atom stereocenters. The summed E-state index contributed by atoms with van der Waals surface area (Å²) in [6.45, 7) is 0.651. The number of hydrogen-bond donors (Lipinski definition) is 1. The molecule has 126 valence electrons. The van der Waals surface area contributed by atoms with Gasteiger partial charge in [0.25, 0.3) is 0 Å². The molecule has 0 amide bonds. The molecule has 0 atom stereocenters. The minimum Gasteiger partial charge on any atom is -0.469 e. The number of benzene rings is 1. The maximum atomic E-state index is 11.2. The van der Waals surface area contributed by atoms with Crippen molar-refractivity contribution in [2.24, 2.45) is 5.73 Å². The van der Waals surface area contributed by atoms with Crippen LogP contribution in [0.4, 0.5) is 0 Å². The van der Waals surface area contributed by atoms with Crippen LogP contribution in [0, 0.1) is 0 Å². The third-order valence-electron chi connectivity index (χ3n) is 3.83. The van der Waals surface area contributed by atoms with E-state index in [0.29, 0.717) is 13.0 Å². The van der Waals surface area contributed by atoms with Crippen LogP contribution < -0.4 is 5.73 Å². The zero-order valence-electron chi connectivity index (χ0n) is 14.1. The van der Waals surface area contributed by atoms with Crippen LogP contribution in [-0.4, -0.2) is 24.6 Å². The molecule has 0 spiro atoms. The summed E-state index contributed by atoms with van der Waals surface area (Å²) in [4.78, 5) is 15.4. The Balaban J connectivity index is 2.18. The maximum Gasteiger partial charge on any atom is 0.305 e. The van der Waals surface area contributed by atoms with Gasteiger partial charge in [-0.2, -0.15) is 0 Å². The second-order valence-electron chi connectivity index (χ2n) is 5.56. The molecule has 0 radical (unpaired) electrons. The van der Waals surface area contributed by atoms with E-state index in [1.165, 1.54) is 12.7 Å². The van der Waals surface area contributed by atoms with Crippen LogP contribution in [0.25, 0.3) is 5.57 Å². The Hall–Kier alpha value is -2.46. The molecule has 2 rings (SSSR count). The first-order valence-electron chi connectivity index (χ1n) is 8.21. The van der Waals surface area contributed by atoms with E-state index < -0.39 is 0 Å². The van der Waals surface area contributed by atoms with Crippen molar-refractivity contribution in [3.05, 3.63) is 71.6 Å². The molecule has 0 aliphatic heterocycles. The Labute approximate surface area is 143 Å². The van der Waals surface area contributed by atoms with Crippen LogP contribution in [-0.2, 0) is 16.0 Å². The van der Waals surface area contributed by atoms with Crippen molar-refractivity contribution in [2.45, 2.75) is 25.7 Å². The van der Waals surface area contributed by atoms with Crippen molar-refractivity contribution >= 4 is 11.5 Å². The Bertz CT molecular complexity index is 664. The molecule has 2 aromatic rings. The number of nitrogens with two attached hydrogens (primary N) is 1. The molecule has 0 aliphatic carbocycles. The summed E-state index contributed by atoms with van der Waals surface area (Å²) >= 11 is 0. The van der Waals surface area contributed by atoms with E-state index in [4.69, 9.17) is 5.73 Å². The second kappa shape index (κ2) is 9.63. The summed E-state index contributed by atoms with van der Waals surface area (Å²) in [6, 6.07) is 12.4. The molecular weight excluding hydrogens is 300 g/mol. The minimum absolute atomic E-state index is 0.169. The third kappa shape index (κ3) is 5.32. The Morgan fingerprint density at radius 1 is 1.21 bits per heavy atom. The van der Waals surface area contributed by atoms with Crippen molar-refractivity contribution in [3.63, 3.8) is 0 Å². The van der Waals surface area contributed by atoms with Crippen molar-refractivity contribution in [1.82, 2.24) is 4.98 Å². The Kier molecular flexibility index (Phi) is 7.18. The SMILES string of the molecule is COC(=O)CCC/C=C(/c1ccc(CCN)cc1)c1cccnc1. The van der Waals surface area contributed by atoms with Gasteiger partial charge in [0.1, 0.15) is 0 Å². The fourth-order valence-electron chi connectivity index (χ4n) is 2.54. The van der Waals surface area contributed by atoms with Crippen LogP contribution >= 0.6 is 0 Å². The van der Waals surface area contributed by atoms with E-state index in [1.54, 1.807) is 6.20 Å². The second-order valence-corrected chi connectivity index (χ2v) is 5.56. The number of allylic oxidation sites excluding steroid dienone is 1. The third-order valence-corrected chi connectivity index (χ3v) is 3.83. The minimum atomic E-state index is -0.169. The summed E-state index contributed by atoms with van der Waals surface area (Å²) in [5.74, 6) is -0.169. The van der Waals surface area contributed by atoms with Gasteiger partial charge >= 0.3 is 5.97 Å². The quantitative estimate of drug-likeness (QED) is 0.597. The summed E-state index contributed by atoms with van der Waals surface area (Å²) in [7, 11) is 1.42. The molecule has 4 heteroatoms. The number of aromatic nitrogens is 1. The number of unbranched alkanes of at least 4 members (excludes halogenated alkanes) is 1. The number of methoxy groups -OCH3 is 1. The van der Waals surface area contributed by atoms with Gasteiger partial charge in [0.15, 0.2) is 0 Å². The molecule has 2 N–H and O–H groups in total. The van der Waals surface area contributed by atoms with Gasteiger partial charge in [-0.05, 0) is 48.6 Å². The molecule has 0 saturated heterocycles. The van der Waals surface area contributed by atoms with Gasteiger partial charge in [0.2, 0.25) is 0 Å². The van der Waals surface area contributed by atoms with E-state index in [-0.39, 0.29) is 5.97 Å². The smallest absolute Gasteiger partial charge is 0.305 e. The van der Waals surface area contributed by atoms with E-state index >= 15 is 0 Å². The van der Waals surface area contributed by atoms with E-state index in [9.17, 15) is 4.79 Å². The van der Waals surface area contributed by atoms with Crippen molar-refractivity contribution in [2.75, 3.05) is 13.7 Å². The fourth-order valence-corrected chi connectivity index (χ4v) is 2.54. The molecule has 0 saturated carbocycles. The predicted molar refractivity (Wildman–Crippen MR) is 96.4 cm³/mol. The lowest BCUT2D eigenvalue weighted by molar-refractivity contribution is -0.140. The molecule has 0 fully saturated rings. The monoisotopic (exact) mass is 324 g/mol. The standard InChI is InChI=1S/C20H24N2O2/c1-24-20(23)7-3-2-6-19(18-5-4-14-22-15-18)17-10-8-16(9-11-17)12-13-21/h4-6,8-11,14-15H,2-3,7,12-13,21H2,1H3/b19-6-. The van der Waals surface area contributed by atoms with Crippen LogP contribution in [0.15, 0.2) is 54.9 Å². The normalized spacial score (nSPS) is 11.3. The zero-order chi connectivity index (χ0) is 17.2. The average Bonchev–Trinajstić information content (AvgIpc) is 2.63. The highest BCUT2D eigenvalue weighted by atomic mass is 16.5. The van der Waals surface area contributed by atoms with Gasteiger partial charge in [0, 0.05) is 24.4 Å². The number of rotatable bonds is 8. The van der Waals surface area contributed by atoms with E-state index in [1.807, 2.05) is 18.3 Å². The largest absolute Gasteiger partial charge is 0.469 e. The zero-order valence-corrected chi connectivity index (χ0v) is 14.1. The van der Waals surface area contributed by atoms with Gasteiger partial charge in [-0.1, -0.05) is 36.4 Å². The Morgan fingerprint density at radius 3 is 2.62 bits per heavy atom. The lowest BCUT2D eigenvalue weighted by Crippen LogP contribution is -2.02. The summed E-state index contributed by atoms with van der Waals surface area (Å²) in [6.07, 6.45) is 8.68. The van der Waals surface area contributed by atoms with Gasteiger partial charge in [0.05, 0.1) is 7.11 Å². The molecule has 1 heterocycles. The molecule has 24 heavy (non-hydrogen) atoms. The maximum absolute atomic E-state index is 11.2. The predicted octanol–water partition coefficient (Wildman–Crippen LogP) is 3.36. The summed E-state index contributed by atoms with van der Waals surface area (Å²) in [5, 5.41) is 0. The molecular formula is C20H24N2O2. The van der Waals surface area contributed by atoms with Gasteiger partial charge < -0.3 is 10.5 Å². The van der Waals surface area contributed by atoms with Gasteiger partial charge in [-0.15, -0.1) is 0 Å². The molecule has 1 aromatic carbocycles. The highest BCUT2D eigenvalue weighted by molar-refractivity contribution is 5.79. The summed E-state index contributed by atoms with van der Waals surface area (Å²) in [5.41, 5.74) is 10.2. The first-order valence-corrected chi connectivity index (χ1v) is 8.21. The van der Waals surface area contributed by atoms with Crippen molar-refractivity contribution < 1.29 is 9.53 Å². The van der Waals surface area contributed by atoms with Crippen LogP contribution in [0.2, 0.25) is 0 Å². The summed E-state index contributed by atoms with van der Waals surface area (Å²) < 4.78 is 4.68. The fraction of sp³-hybridized carbons (Fsp3) is 0.300. The number of ether oxygens (including phenoxy) is 1. The van der Waals surface area contributed by atoms with Crippen molar-refractivity contribution in [1.29, 1.82) is 0 Å². The molecule has 0 bridgehead atoms. The lowest BCUT2D eigenvalue weighted by atomic mass is 9.96.